The van der Waals surface area contributed by atoms with E-state index in [2.05, 4.69) is 15.3 Å². The monoisotopic (exact) mass is 345 g/mol. The van der Waals surface area contributed by atoms with Crippen LogP contribution in [0.3, 0.4) is 0 Å². The first-order chi connectivity index (χ1) is 12.1. The van der Waals surface area contributed by atoms with Crippen LogP contribution >= 0.6 is 0 Å². The number of nitrogens with zero attached hydrogens (tertiary/aromatic N) is 1. The molecule has 1 aliphatic carbocycles. The number of carbonyl (C=O) groups is 1. The van der Waals surface area contributed by atoms with Gasteiger partial charge in [-0.1, -0.05) is 6.07 Å². The Morgan fingerprint density at radius 2 is 1.92 bits per heavy atom. The number of nitrogens with one attached hydrogen (secondary N) is 2. The summed E-state index contributed by atoms with van der Waals surface area (Å²) < 4.78 is 42.2. The third kappa shape index (κ3) is 2.75. The van der Waals surface area contributed by atoms with Gasteiger partial charge >= 0.3 is 0 Å². The highest BCUT2D eigenvalue weighted by Crippen LogP contribution is 2.33. The summed E-state index contributed by atoms with van der Waals surface area (Å²) in [5.41, 5.74) is -0.289. The normalized spacial score (nSPS) is 14.0. The Bertz CT molecular complexity index is 959. The minimum atomic E-state index is -0.962. The molecular weight excluding hydrogens is 331 g/mol. The van der Waals surface area contributed by atoms with Crippen molar-refractivity contribution in [2.45, 2.75) is 12.8 Å². The van der Waals surface area contributed by atoms with Gasteiger partial charge in [-0.25, -0.2) is 18.2 Å². The van der Waals surface area contributed by atoms with Crippen LogP contribution in [-0.4, -0.2) is 22.3 Å². The highest BCUT2D eigenvalue weighted by atomic mass is 19.1. The maximum absolute atomic E-state index is 14.3. The number of carbonyl (C=O) groups excluding carboxylic acids is 1. The molecule has 0 radical (unpaired) electrons. The third-order valence-corrected chi connectivity index (χ3v) is 4.35. The minimum absolute atomic E-state index is 0.0238. The molecule has 1 saturated carbocycles. The summed E-state index contributed by atoms with van der Waals surface area (Å²) in [6.07, 6.45) is 4.49. The maximum Gasteiger partial charge on any atom is 0.201 e. The van der Waals surface area contributed by atoms with E-state index in [1.165, 1.54) is 12.3 Å². The van der Waals surface area contributed by atoms with E-state index in [1.807, 2.05) is 0 Å². The van der Waals surface area contributed by atoms with Crippen LogP contribution in [0.5, 0.6) is 0 Å². The largest absolute Gasteiger partial charge is 0.382 e. The van der Waals surface area contributed by atoms with E-state index in [0.717, 1.165) is 31.2 Å². The second kappa shape index (κ2) is 5.91. The molecule has 128 valence electrons. The quantitative estimate of drug-likeness (QED) is 0.687. The first kappa shape index (κ1) is 15.7. The van der Waals surface area contributed by atoms with Crippen LogP contribution < -0.4 is 5.32 Å². The van der Waals surface area contributed by atoms with E-state index >= 15 is 0 Å². The zero-order valence-electron chi connectivity index (χ0n) is 13.1. The molecular formula is C18H14F3N3O. The van der Waals surface area contributed by atoms with Crippen LogP contribution in [0.25, 0.3) is 11.0 Å². The lowest BCUT2D eigenvalue weighted by Crippen LogP contribution is -2.10. The van der Waals surface area contributed by atoms with Gasteiger partial charge in [0.1, 0.15) is 17.3 Å². The van der Waals surface area contributed by atoms with Crippen molar-refractivity contribution in [3.8, 4) is 0 Å². The lowest BCUT2D eigenvalue weighted by atomic mass is 10.0. The highest BCUT2D eigenvalue weighted by molar-refractivity contribution is 6.18. The van der Waals surface area contributed by atoms with Crippen molar-refractivity contribution < 1.29 is 18.0 Å². The van der Waals surface area contributed by atoms with E-state index < -0.39 is 28.8 Å². The number of halogens is 3. The fraction of sp³-hybridized carbons (Fsp3) is 0.222. The van der Waals surface area contributed by atoms with E-state index in [1.54, 1.807) is 0 Å². The van der Waals surface area contributed by atoms with Gasteiger partial charge < -0.3 is 10.3 Å². The zero-order chi connectivity index (χ0) is 17.6. The molecule has 7 heteroatoms. The molecule has 1 aliphatic rings. The summed E-state index contributed by atoms with van der Waals surface area (Å²) in [4.78, 5) is 19.4. The first-order valence-corrected chi connectivity index (χ1v) is 7.94. The highest BCUT2D eigenvalue weighted by Gasteiger charge is 2.26. The second-order valence-electron chi connectivity index (χ2n) is 6.16. The second-order valence-corrected chi connectivity index (χ2v) is 6.16. The van der Waals surface area contributed by atoms with Crippen LogP contribution in [0.1, 0.15) is 28.8 Å². The van der Waals surface area contributed by atoms with Crippen molar-refractivity contribution in [1.29, 1.82) is 0 Å². The summed E-state index contributed by atoms with van der Waals surface area (Å²) in [5.74, 6) is -2.92. The Hall–Kier alpha value is -2.83. The fourth-order valence-corrected chi connectivity index (χ4v) is 2.84. The molecule has 25 heavy (non-hydrogen) atoms. The van der Waals surface area contributed by atoms with Crippen LogP contribution in [0.15, 0.2) is 30.6 Å². The molecule has 0 unspecified atom stereocenters. The molecule has 4 rings (SSSR count). The Labute approximate surface area is 141 Å². The molecule has 1 fully saturated rings. The lowest BCUT2D eigenvalue weighted by Gasteiger charge is -2.10. The molecule has 3 aromatic rings. The van der Waals surface area contributed by atoms with Gasteiger partial charge in [0.05, 0.1) is 28.4 Å². The number of benzene rings is 1. The summed E-state index contributed by atoms with van der Waals surface area (Å²) in [5, 5.41) is 3.21. The average molecular weight is 345 g/mol. The number of aromatic nitrogens is 2. The van der Waals surface area contributed by atoms with E-state index in [9.17, 15) is 18.0 Å². The Kier molecular flexibility index (Phi) is 3.71. The summed E-state index contributed by atoms with van der Waals surface area (Å²) in [6, 6.07) is 3.20. The number of aromatic amines is 1. The van der Waals surface area contributed by atoms with Gasteiger partial charge in [-0.2, -0.15) is 0 Å². The van der Waals surface area contributed by atoms with Gasteiger partial charge in [0.15, 0.2) is 5.82 Å². The molecule has 2 aromatic heterocycles. The topological polar surface area (TPSA) is 57.8 Å². The van der Waals surface area contributed by atoms with E-state index in [0.29, 0.717) is 12.5 Å². The summed E-state index contributed by atoms with van der Waals surface area (Å²) in [7, 11) is 0. The molecule has 0 spiro atoms. The fourth-order valence-electron chi connectivity index (χ4n) is 2.84. The number of hydrogen-bond acceptors (Lipinski definition) is 3. The van der Waals surface area contributed by atoms with Gasteiger partial charge in [0.2, 0.25) is 5.78 Å². The third-order valence-electron chi connectivity index (χ3n) is 4.35. The minimum Gasteiger partial charge on any atom is -0.382 e. The van der Waals surface area contributed by atoms with Gasteiger partial charge in [-0.3, -0.25) is 4.79 Å². The molecule has 0 amide bonds. The summed E-state index contributed by atoms with van der Waals surface area (Å²) in [6.45, 7) is 0.572. The number of H-pyrrole nitrogens is 1. The number of ketones is 1. The van der Waals surface area contributed by atoms with Crippen LogP contribution in [0, 0.1) is 23.4 Å². The van der Waals surface area contributed by atoms with Gasteiger partial charge in [-0.05, 0) is 30.9 Å². The predicted octanol–water partition coefficient (Wildman–Crippen LogP) is 4.03. The molecule has 0 aliphatic heterocycles. The van der Waals surface area contributed by atoms with Gasteiger partial charge in [0.25, 0.3) is 0 Å². The number of anilines is 1. The molecule has 2 heterocycles. The van der Waals surface area contributed by atoms with E-state index in [4.69, 9.17) is 0 Å². The van der Waals surface area contributed by atoms with Crippen LogP contribution in [-0.2, 0) is 0 Å². The Morgan fingerprint density at radius 3 is 2.60 bits per heavy atom. The molecule has 0 atom stereocenters. The van der Waals surface area contributed by atoms with Gasteiger partial charge in [0, 0.05) is 12.7 Å². The van der Waals surface area contributed by atoms with E-state index in [-0.39, 0.29) is 22.3 Å². The maximum atomic E-state index is 14.3. The smallest absolute Gasteiger partial charge is 0.201 e. The first-order valence-electron chi connectivity index (χ1n) is 7.94. The van der Waals surface area contributed by atoms with Crippen molar-refractivity contribution in [3.05, 3.63) is 59.2 Å². The number of rotatable bonds is 5. The molecule has 4 nitrogen and oxygen atoms in total. The van der Waals surface area contributed by atoms with Crippen LogP contribution in [0.2, 0.25) is 0 Å². The average Bonchev–Trinajstić information content (AvgIpc) is 3.31. The Morgan fingerprint density at radius 1 is 1.20 bits per heavy atom. The van der Waals surface area contributed by atoms with Crippen molar-refractivity contribution in [1.82, 2.24) is 9.97 Å². The van der Waals surface area contributed by atoms with Crippen molar-refractivity contribution >= 4 is 22.5 Å². The molecule has 1 aromatic carbocycles. The van der Waals surface area contributed by atoms with Crippen molar-refractivity contribution in [2.75, 3.05) is 11.9 Å². The molecule has 0 saturated heterocycles. The van der Waals surface area contributed by atoms with Crippen molar-refractivity contribution in [3.63, 3.8) is 0 Å². The molecule has 2 N–H and O–H groups in total. The Balaban J connectivity index is 1.84. The van der Waals surface area contributed by atoms with Crippen molar-refractivity contribution in [2.24, 2.45) is 5.92 Å². The standard InChI is InChI=1S/C18H14F3N3O/c19-11-2-1-3-12(20)15(11)17(25)10-7-23-18-14(10)16(13(21)8-24-18)22-6-9-4-5-9/h1-3,7-9H,4-6H2,(H2,22,23,24). The number of fused-ring (bicyclic) bond motifs is 1. The predicted molar refractivity (Wildman–Crippen MR) is 87.1 cm³/mol. The zero-order valence-corrected chi connectivity index (χ0v) is 13.1. The lowest BCUT2D eigenvalue weighted by molar-refractivity contribution is 0.103. The number of hydrogen-bond donors (Lipinski definition) is 2. The molecule has 0 bridgehead atoms. The summed E-state index contributed by atoms with van der Waals surface area (Å²) >= 11 is 0. The van der Waals surface area contributed by atoms with Gasteiger partial charge in [-0.15, -0.1) is 0 Å². The number of pyridine rings is 1. The van der Waals surface area contributed by atoms with Crippen LogP contribution in [0.4, 0.5) is 18.9 Å². The SMILES string of the molecule is O=C(c1c(F)cccc1F)c1c[nH]c2ncc(F)c(NCC3CC3)c12.